The second-order valence-corrected chi connectivity index (χ2v) is 7.76. The quantitative estimate of drug-likeness (QED) is 0.822. The van der Waals surface area contributed by atoms with Gasteiger partial charge in [-0.1, -0.05) is 12.1 Å². The molecule has 5 atom stereocenters. The Balaban J connectivity index is 1.41. The Morgan fingerprint density at radius 3 is 2.78 bits per heavy atom. The molecule has 2 saturated carbocycles. The largest absolute Gasteiger partial charge is 0.481 e. The number of carboxylic acid groups (broad SMARTS) is 1. The van der Waals surface area contributed by atoms with Gasteiger partial charge >= 0.3 is 5.97 Å². The molecule has 2 aliphatic carbocycles. The molecule has 1 heterocycles. The summed E-state index contributed by atoms with van der Waals surface area (Å²) >= 11 is 0. The van der Waals surface area contributed by atoms with Crippen LogP contribution in [-0.2, 0) is 14.4 Å². The molecule has 1 aromatic carbocycles. The summed E-state index contributed by atoms with van der Waals surface area (Å²) in [6.07, 6.45) is 2.34. The van der Waals surface area contributed by atoms with Gasteiger partial charge in [-0.25, -0.2) is 0 Å². The van der Waals surface area contributed by atoms with Gasteiger partial charge in [-0.05, 0) is 50.2 Å². The van der Waals surface area contributed by atoms with E-state index in [-0.39, 0.29) is 42.7 Å². The summed E-state index contributed by atoms with van der Waals surface area (Å²) in [6.45, 7) is 1.94. The van der Waals surface area contributed by atoms with Crippen molar-refractivity contribution >= 4 is 23.5 Å². The summed E-state index contributed by atoms with van der Waals surface area (Å²) < 4.78 is 5.61. The molecule has 5 unspecified atom stereocenters. The van der Waals surface area contributed by atoms with E-state index < -0.39 is 18.0 Å². The lowest BCUT2D eigenvalue weighted by Crippen LogP contribution is -2.49. The summed E-state index contributed by atoms with van der Waals surface area (Å²) in [5, 5.41) is 12.4. The van der Waals surface area contributed by atoms with Crippen LogP contribution in [0.2, 0.25) is 0 Å². The molecule has 2 amide bonds. The van der Waals surface area contributed by atoms with Crippen LogP contribution < -0.4 is 15.0 Å². The fraction of sp³-hybridized carbons (Fsp3) is 0.550. The van der Waals surface area contributed by atoms with E-state index in [1.165, 1.54) is 0 Å². The number of rotatable bonds is 5. The highest BCUT2D eigenvalue weighted by molar-refractivity contribution is 6.00. The molecule has 7 heteroatoms. The van der Waals surface area contributed by atoms with Gasteiger partial charge in [0.15, 0.2) is 6.10 Å². The third-order valence-electron chi connectivity index (χ3n) is 6.17. The minimum absolute atomic E-state index is 0.132. The van der Waals surface area contributed by atoms with Gasteiger partial charge in [-0.15, -0.1) is 0 Å². The van der Waals surface area contributed by atoms with E-state index in [2.05, 4.69) is 5.32 Å². The lowest BCUT2D eigenvalue weighted by atomic mass is 9.84. The van der Waals surface area contributed by atoms with Crippen LogP contribution in [0.5, 0.6) is 5.75 Å². The summed E-state index contributed by atoms with van der Waals surface area (Å²) in [5.74, 6) is -0.633. The van der Waals surface area contributed by atoms with Crippen molar-refractivity contribution in [2.45, 2.75) is 44.8 Å². The fourth-order valence-electron chi connectivity index (χ4n) is 4.92. The van der Waals surface area contributed by atoms with Crippen LogP contribution in [0.15, 0.2) is 24.3 Å². The topological polar surface area (TPSA) is 95.9 Å². The molecule has 0 aromatic heterocycles. The SMILES string of the molecule is CC1Oc2ccccc2N(CCC(=O)NC2C3CCC(C3)C2C(=O)O)C1=O. The van der Waals surface area contributed by atoms with E-state index in [4.69, 9.17) is 4.74 Å². The van der Waals surface area contributed by atoms with E-state index >= 15 is 0 Å². The Labute approximate surface area is 157 Å². The second-order valence-electron chi connectivity index (χ2n) is 7.76. The molecular formula is C20H24N2O5. The molecule has 144 valence electrons. The van der Waals surface area contributed by atoms with Crippen molar-refractivity contribution < 1.29 is 24.2 Å². The minimum Gasteiger partial charge on any atom is -0.481 e. The fourth-order valence-corrected chi connectivity index (χ4v) is 4.92. The van der Waals surface area contributed by atoms with Crippen LogP contribution in [0, 0.1) is 17.8 Å². The number of para-hydroxylation sites is 2. The smallest absolute Gasteiger partial charge is 0.308 e. The Morgan fingerprint density at radius 1 is 1.26 bits per heavy atom. The third-order valence-corrected chi connectivity index (χ3v) is 6.17. The third kappa shape index (κ3) is 3.15. The number of carbonyl (C=O) groups is 3. The molecule has 0 saturated heterocycles. The van der Waals surface area contributed by atoms with Gasteiger partial charge in [0.25, 0.3) is 5.91 Å². The molecular weight excluding hydrogens is 348 g/mol. The lowest BCUT2D eigenvalue weighted by Gasteiger charge is -2.33. The zero-order chi connectivity index (χ0) is 19.1. The maximum absolute atomic E-state index is 12.5. The zero-order valence-electron chi connectivity index (χ0n) is 15.3. The molecule has 7 nitrogen and oxygen atoms in total. The average molecular weight is 372 g/mol. The molecule has 3 aliphatic rings. The number of ether oxygens (including phenoxy) is 1. The first-order valence-corrected chi connectivity index (χ1v) is 9.55. The van der Waals surface area contributed by atoms with Gasteiger partial charge in [0.05, 0.1) is 11.6 Å². The number of fused-ring (bicyclic) bond motifs is 3. The summed E-state index contributed by atoms with van der Waals surface area (Å²) in [4.78, 5) is 38.2. The van der Waals surface area contributed by atoms with E-state index in [1.807, 2.05) is 12.1 Å². The Kier molecular flexibility index (Phi) is 4.53. The van der Waals surface area contributed by atoms with Crippen molar-refractivity contribution in [3.8, 4) is 5.75 Å². The number of nitrogens with one attached hydrogen (secondary N) is 1. The van der Waals surface area contributed by atoms with Crippen LogP contribution in [0.1, 0.15) is 32.6 Å². The molecule has 27 heavy (non-hydrogen) atoms. The van der Waals surface area contributed by atoms with Crippen molar-refractivity contribution in [3.63, 3.8) is 0 Å². The van der Waals surface area contributed by atoms with Gasteiger partial charge in [-0.2, -0.15) is 0 Å². The number of hydrogen-bond donors (Lipinski definition) is 2. The molecule has 1 aliphatic heterocycles. The normalized spacial score (nSPS) is 31.4. The van der Waals surface area contributed by atoms with E-state index in [0.717, 1.165) is 19.3 Å². The predicted octanol–water partition coefficient (Wildman–Crippen LogP) is 1.81. The van der Waals surface area contributed by atoms with E-state index in [9.17, 15) is 19.5 Å². The highest BCUT2D eigenvalue weighted by Gasteiger charge is 2.51. The summed E-state index contributed by atoms with van der Waals surface area (Å²) in [5.41, 5.74) is 0.664. The molecule has 0 radical (unpaired) electrons. The van der Waals surface area contributed by atoms with Crippen molar-refractivity contribution in [1.82, 2.24) is 5.32 Å². The molecule has 1 aromatic rings. The predicted molar refractivity (Wildman–Crippen MR) is 97.4 cm³/mol. The van der Waals surface area contributed by atoms with Gasteiger partial charge < -0.3 is 20.1 Å². The van der Waals surface area contributed by atoms with Crippen LogP contribution >= 0.6 is 0 Å². The van der Waals surface area contributed by atoms with Gasteiger partial charge in [-0.3, -0.25) is 14.4 Å². The standard InChI is InChI=1S/C20H24N2O5/c1-11-19(24)22(14-4-2-3-5-15(14)27-11)9-8-16(23)21-18-13-7-6-12(10-13)17(18)20(25)26/h2-5,11-13,17-18H,6-10H2,1H3,(H,21,23)(H,25,26). The minimum atomic E-state index is -0.821. The maximum atomic E-state index is 12.5. The zero-order valence-corrected chi connectivity index (χ0v) is 15.3. The van der Waals surface area contributed by atoms with Gasteiger partial charge in [0.1, 0.15) is 5.75 Å². The summed E-state index contributed by atoms with van der Waals surface area (Å²) in [6, 6.07) is 6.98. The van der Waals surface area contributed by atoms with Gasteiger partial charge in [0.2, 0.25) is 5.91 Å². The lowest BCUT2D eigenvalue weighted by molar-refractivity contribution is -0.144. The molecule has 0 spiro atoms. The number of benzene rings is 1. The first-order chi connectivity index (χ1) is 13.0. The molecule has 2 bridgehead atoms. The maximum Gasteiger partial charge on any atom is 0.308 e. The number of anilines is 1. The average Bonchev–Trinajstić information content (AvgIpc) is 3.23. The molecule has 2 fully saturated rings. The number of carbonyl (C=O) groups excluding carboxylic acids is 2. The van der Waals surface area contributed by atoms with Crippen molar-refractivity contribution in [2.75, 3.05) is 11.4 Å². The Morgan fingerprint density at radius 2 is 2.00 bits per heavy atom. The van der Waals surface area contributed by atoms with Crippen molar-refractivity contribution in [2.24, 2.45) is 17.8 Å². The number of carboxylic acids is 1. The highest BCUT2D eigenvalue weighted by atomic mass is 16.5. The monoisotopic (exact) mass is 372 g/mol. The second kappa shape index (κ2) is 6.87. The van der Waals surface area contributed by atoms with Crippen molar-refractivity contribution in [1.29, 1.82) is 0 Å². The number of aliphatic carboxylic acids is 1. The molecule has 2 N–H and O–H groups in total. The Hall–Kier alpha value is -2.57. The van der Waals surface area contributed by atoms with Crippen LogP contribution in [0.25, 0.3) is 0 Å². The number of hydrogen-bond acceptors (Lipinski definition) is 4. The first kappa shape index (κ1) is 17.8. The number of amides is 2. The number of nitrogens with zero attached hydrogens (tertiary/aromatic N) is 1. The van der Waals surface area contributed by atoms with Gasteiger partial charge in [0, 0.05) is 19.0 Å². The summed E-state index contributed by atoms with van der Waals surface area (Å²) in [7, 11) is 0. The molecule has 4 rings (SSSR count). The first-order valence-electron chi connectivity index (χ1n) is 9.55. The Bertz CT molecular complexity index is 779. The van der Waals surface area contributed by atoms with Crippen molar-refractivity contribution in [3.05, 3.63) is 24.3 Å². The van der Waals surface area contributed by atoms with Crippen LogP contribution in [0.4, 0.5) is 5.69 Å². The highest BCUT2D eigenvalue weighted by Crippen LogP contribution is 2.48. The van der Waals surface area contributed by atoms with Crippen LogP contribution in [-0.4, -0.2) is 41.6 Å². The van der Waals surface area contributed by atoms with E-state index in [0.29, 0.717) is 11.4 Å². The van der Waals surface area contributed by atoms with Crippen LogP contribution in [0.3, 0.4) is 0 Å². The van der Waals surface area contributed by atoms with E-state index in [1.54, 1.807) is 24.0 Å².